The summed E-state index contributed by atoms with van der Waals surface area (Å²) in [6, 6.07) is 3.90. The molecule has 1 saturated heterocycles. The SMILES string of the molecule is C[C@H]1CCCC[C@H]1NC(=S)N1CCN(S(=O)(=O)c2cccs2)CC1. The van der Waals surface area contributed by atoms with Gasteiger partial charge in [-0.1, -0.05) is 25.8 Å². The molecular weight excluding hydrogens is 362 g/mol. The molecule has 0 amide bonds. The Balaban J connectivity index is 1.54. The Hall–Kier alpha value is -0.700. The van der Waals surface area contributed by atoms with Crippen LogP contribution in [-0.4, -0.2) is 55.0 Å². The quantitative estimate of drug-likeness (QED) is 0.808. The first-order chi connectivity index (χ1) is 11.5. The molecule has 1 aromatic heterocycles. The molecule has 1 aromatic rings. The lowest BCUT2D eigenvalue weighted by Crippen LogP contribution is -2.55. The molecule has 2 heterocycles. The number of hydrogen-bond donors (Lipinski definition) is 1. The molecule has 8 heteroatoms. The molecule has 1 aliphatic carbocycles. The zero-order chi connectivity index (χ0) is 17.2. The zero-order valence-electron chi connectivity index (χ0n) is 14.0. The number of nitrogens with zero attached hydrogens (tertiary/aromatic N) is 2. The fourth-order valence-corrected chi connectivity index (χ4v) is 6.35. The number of nitrogens with one attached hydrogen (secondary N) is 1. The molecule has 1 N–H and O–H groups in total. The summed E-state index contributed by atoms with van der Waals surface area (Å²) in [6.45, 7) is 4.56. The minimum absolute atomic E-state index is 0.424. The van der Waals surface area contributed by atoms with E-state index in [1.807, 2.05) is 0 Å². The van der Waals surface area contributed by atoms with E-state index in [-0.39, 0.29) is 0 Å². The van der Waals surface area contributed by atoms with Gasteiger partial charge in [0.15, 0.2) is 5.11 Å². The van der Waals surface area contributed by atoms with Gasteiger partial charge in [-0.15, -0.1) is 11.3 Å². The van der Waals surface area contributed by atoms with E-state index in [0.717, 1.165) is 5.11 Å². The summed E-state index contributed by atoms with van der Waals surface area (Å²) in [6.07, 6.45) is 5.00. The van der Waals surface area contributed by atoms with E-state index in [1.54, 1.807) is 21.8 Å². The van der Waals surface area contributed by atoms with Crippen LogP contribution in [0.1, 0.15) is 32.6 Å². The monoisotopic (exact) mass is 387 g/mol. The van der Waals surface area contributed by atoms with E-state index in [2.05, 4.69) is 17.1 Å². The molecule has 3 rings (SSSR count). The molecule has 0 spiro atoms. The van der Waals surface area contributed by atoms with Crippen LogP contribution >= 0.6 is 23.6 Å². The highest BCUT2D eigenvalue weighted by atomic mass is 32.2. The first-order valence-corrected chi connectivity index (χ1v) is 11.3. The second kappa shape index (κ2) is 7.68. The molecule has 2 atom stereocenters. The number of sulfonamides is 1. The minimum atomic E-state index is -3.34. The number of hydrogen-bond acceptors (Lipinski definition) is 4. The smallest absolute Gasteiger partial charge is 0.252 e. The van der Waals surface area contributed by atoms with Gasteiger partial charge in [-0.3, -0.25) is 0 Å². The van der Waals surface area contributed by atoms with E-state index in [9.17, 15) is 8.42 Å². The maximum Gasteiger partial charge on any atom is 0.252 e. The number of rotatable bonds is 3. The Morgan fingerprint density at radius 3 is 2.58 bits per heavy atom. The van der Waals surface area contributed by atoms with Crippen LogP contribution in [0.3, 0.4) is 0 Å². The third-order valence-electron chi connectivity index (χ3n) is 5.04. The largest absolute Gasteiger partial charge is 0.360 e. The van der Waals surface area contributed by atoms with Crippen molar-refractivity contribution in [2.75, 3.05) is 26.2 Å². The van der Waals surface area contributed by atoms with Crippen LogP contribution in [0.5, 0.6) is 0 Å². The average molecular weight is 388 g/mol. The Morgan fingerprint density at radius 2 is 1.96 bits per heavy atom. The highest BCUT2D eigenvalue weighted by Gasteiger charge is 2.31. The van der Waals surface area contributed by atoms with Crippen LogP contribution in [-0.2, 0) is 10.0 Å². The lowest BCUT2D eigenvalue weighted by atomic mass is 9.86. The number of thiophene rings is 1. The molecule has 0 unspecified atom stereocenters. The minimum Gasteiger partial charge on any atom is -0.360 e. The van der Waals surface area contributed by atoms with Crippen LogP contribution in [0.4, 0.5) is 0 Å². The van der Waals surface area contributed by atoms with Crippen molar-refractivity contribution < 1.29 is 8.42 Å². The maximum absolute atomic E-state index is 12.6. The molecule has 0 aromatic carbocycles. The van der Waals surface area contributed by atoms with Gasteiger partial charge in [-0.2, -0.15) is 4.31 Å². The molecule has 5 nitrogen and oxygen atoms in total. The molecule has 134 valence electrons. The van der Waals surface area contributed by atoms with Gasteiger partial charge in [0.2, 0.25) is 0 Å². The zero-order valence-corrected chi connectivity index (χ0v) is 16.4. The van der Waals surface area contributed by atoms with Gasteiger partial charge >= 0.3 is 0 Å². The van der Waals surface area contributed by atoms with Crippen molar-refractivity contribution in [1.82, 2.24) is 14.5 Å². The first kappa shape index (κ1) is 18.1. The van der Waals surface area contributed by atoms with Gasteiger partial charge in [0.25, 0.3) is 10.0 Å². The van der Waals surface area contributed by atoms with E-state index in [0.29, 0.717) is 42.3 Å². The molecule has 0 radical (unpaired) electrons. The van der Waals surface area contributed by atoms with Crippen molar-refractivity contribution in [3.8, 4) is 0 Å². The van der Waals surface area contributed by atoms with Crippen molar-refractivity contribution in [3.63, 3.8) is 0 Å². The van der Waals surface area contributed by atoms with E-state index < -0.39 is 10.0 Å². The van der Waals surface area contributed by atoms with Gasteiger partial charge in [0, 0.05) is 32.2 Å². The maximum atomic E-state index is 12.6. The summed E-state index contributed by atoms with van der Waals surface area (Å²) in [5.74, 6) is 0.650. The summed E-state index contributed by atoms with van der Waals surface area (Å²) in [4.78, 5) is 2.11. The van der Waals surface area contributed by atoms with Gasteiger partial charge in [-0.25, -0.2) is 8.42 Å². The fourth-order valence-electron chi connectivity index (χ4n) is 3.45. The van der Waals surface area contributed by atoms with Crippen LogP contribution in [0, 0.1) is 5.92 Å². The average Bonchev–Trinajstić information content (AvgIpc) is 3.12. The Kier molecular flexibility index (Phi) is 5.79. The molecule has 2 aliphatic rings. The first-order valence-electron chi connectivity index (χ1n) is 8.57. The normalized spacial score (nSPS) is 26.3. The van der Waals surface area contributed by atoms with Crippen molar-refractivity contribution >= 4 is 38.7 Å². The van der Waals surface area contributed by atoms with E-state index >= 15 is 0 Å². The third-order valence-corrected chi connectivity index (χ3v) is 8.68. The highest BCUT2D eigenvalue weighted by Crippen LogP contribution is 2.25. The Labute approximate surface area is 154 Å². The van der Waals surface area contributed by atoms with E-state index in [1.165, 1.54) is 37.0 Å². The van der Waals surface area contributed by atoms with Crippen LogP contribution < -0.4 is 5.32 Å². The fraction of sp³-hybridized carbons (Fsp3) is 0.688. The topological polar surface area (TPSA) is 52.6 Å². The molecule has 2 fully saturated rings. The molecule has 1 saturated carbocycles. The van der Waals surface area contributed by atoms with Crippen LogP contribution in [0.15, 0.2) is 21.7 Å². The van der Waals surface area contributed by atoms with Crippen LogP contribution in [0.25, 0.3) is 0 Å². The van der Waals surface area contributed by atoms with Gasteiger partial charge < -0.3 is 10.2 Å². The standard InChI is InChI=1S/C16H25N3O2S3/c1-13-5-2-3-6-14(13)17-16(22)18-8-10-19(11-9-18)24(20,21)15-7-4-12-23-15/h4,7,12-14H,2-3,5-6,8-11H2,1H3,(H,17,22)/t13-,14+/m0/s1. The molecule has 0 bridgehead atoms. The van der Waals surface area contributed by atoms with E-state index in [4.69, 9.17) is 12.2 Å². The highest BCUT2D eigenvalue weighted by molar-refractivity contribution is 7.91. The summed E-state index contributed by atoms with van der Waals surface area (Å²) in [5.41, 5.74) is 0. The second-order valence-corrected chi connectivity index (χ2v) is 10.1. The molecule has 24 heavy (non-hydrogen) atoms. The van der Waals surface area contributed by atoms with Crippen molar-refractivity contribution in [1.29, 1.82) is 0 Å². The predicted molar refractivity (Wildman–Crippen MR) is 102 cm³/mol. The summed E-state index contributed by atoms with van der Waals surface area (Å²) >= 11 is 6.84. The second-order valence-electron chi connectivity index (χ2n) is 6.64. The predicted octanol–water partition coefficient (Wildman–Crippen LogP) is 2.51. The lowest BCUT2D eigenvalue weighted by Gasteiger charge is -2.38. The van der Waals surface area contributed by atoms with Crippen LogP contribution in [0.2, 0.25) is 0 Å². The van der Waals surface area contributed by atoms with Gasteiger partial charge in [-0.05, 0) is 42.4 Å². The number of thiocarbonyl (C=S) groups is 1. The van der Waals surface area contributed by atoms with Crippen molar-refractivity contribution in [2.45, 2.75) is 42.9 Å². The third kappa shape index (κ3) is 3.92. The van der Waals surface area contributed by atoms with Crippen molar-refractivity contribution in [2.24, 2.45) is 5.92 Å². The molecule has 1 aliphatic heterocycles. The van der Waals surface area contributed by atoms with Crippen molar-refractivity contribution in [3.05, 3.63) is 17.5 Å². The van der Waals surface area contributed by atoms with Gasteiger partial charge in [0.05, 0.1) is 0 Å². The Morgan fingerprint density at radius 1 is 1.25 bits per heavy atom. The lowest BCUT2D eigenvalue weighted by molar-refractivity contribution is 0.251. The van der Waals surface area contributed by atoms with Gasteiger partial charge in [0.1, 0.15) is 4.21 Å². The number of piperazine rings is 1. The molecular formula is C16H25N3O2S3. The summed E-state index contributed by atoms with van der Waals surface area (Å²) in [5, 5.41) is 6.09. The summed E-state index contributed by atoms with van der Waals surface area (Å²) < 4.78 is 27.1. The Bertz CT molecular complexity index is 652. The summed E-state index contributed by atoms with van der Waals surface area (Å²) in [7, 11) is -3.34.